The summed E-state index contributed by atoms with van der Waals surface area (Å²) in [5.74, 6) is -0.678. The van der Waals surface area contributed by atoms with Crippen LogP contribution in [0.15, 0.2) is 0 Å². The van der Waals surface area contributed by atoms with Gasteiger partial charge in [0.2, 0.25) is 0 Å². The minimum atomic E-state index is -2.98. The number of aliphatic carboxylic acids is 1. The van der Waals surface area contributed by atoms with Crippen molar-refractivity contribution in [2.24, 2.45) is 0 Å². The Balaban J connectivity index is 2.72. The fraction of sp³-hybridized carbons (Fsp3) is 0.900. The predicted molar refractivity (Wildman–Crippen MR) is 64.8 cm³/mol. The molecule has 1 aliphatic heterocycles. The van der Waals surface area contributed by atoms with Crippen LogP contribution < -0.4 is 0 Å². The largest absolute Gasteiger partial charge is 0.480 e. The number of sulfone groups is 1. The zero-order valence-corrected chi connectivity index (χ0v) is 11.3. The molecule has 2 atom stereocenters. The second kappa shape index (κ2) is 5.32. The summed E-state index contributed by atoms with van der Waals surface area (Å²) in [6.45, 7) is 0.377. The fourth-order valence-corrected chi connectivity index (χ4v) is 3.86. The predicted octanol–water partition coefficient (Wildman–Crippen LogP) is -0.880. The molecule has 0 aromatic rings. The lowest BCUT2D eigenvalue weighted by Gasteiger charge is -2.31. The summed E-state index contributed by atoms with van der Waals surface area (Å²) in [5, 5.41) is 9.17. The van der Waals surface area contributed by atoms with Gasteiger partial charge in [0, 0.05) is 12.6 Å². The van der Waals surface area contributed by atoms with Gasteiger partial charge in [0.1, 0.15) is 6.04 Å². The Hall–Kier alpha value is -0.660. The number of carbonyl (C=O) groups is 1. The molecule has 1 saturated heterocycles. The number of nitrogens with zero attached hydrogens (tertiary/aromatic N) is 2. The van der Waals surface area contributed by atoms with Gasteiger partial charge in [-0.25, -0.2) is 8.42 Å². The van der Waals surface area contributed by atoms with Crippen molar-refractivity contribution in [1.82, 2.24) is 9.80 Å². The van der Waals surface area contributed by atoms with Crippen LogP contribution in [0.25, 0.3) is 0 Å². The Labute approximate surface area is 102 Å². The lowest BCUT2D eigenvalue weighted by atomic mass is 10.1. The highest BCUT2D eigenvalue weighted by molar-refractivity contribution is 7.91. The van der Waals surface area contributed by atoms with Crippen molar-refractivity contribution in [3.8, 4) is 0 Å². The van der Waals surface area contributed by atoms with Crippen LogP contribution >= 0.6 is 0 Å². The van der Waals surface area contributed by atoms with Crippen molar-refractivity contribution >= 4 is 15.8 Å². The molecule has 0 aromatic heterocycles. The lowest BCUT2D eigenvalue weighted by Crippen LogP contribution is -2.50. The summed E-state index contributed by atoms with van der Waals surface area (Å²) >= 11 is 0. The summed E-state index contributed by atoms with van der Waals surface area (Å²) in [6.07, 6.45) is 0.524. The molecule has 0 aliphatic carbocycles. The number of carboxylic acid groups (broad SMARTS) is 1. The van der Waals surface area contributed by atoms with Crippen LogP contribution in [-0.2, 0) is 14.6 Å². The molecular formula is C10H20N2O4S. The second-order valence-corrected chi connectivity index (χ2v) is 7.07. The average molecular weight is 264 g/mol. The molecule has 17 heavy (non-hydrogen) atoms. The van der Waals surface area contributed by atoms with Gasteiger partial charge in [-0.05, 0) is 27.6 Å². The van der Waals surface area contributed by atoms with Crippen LogP contribution in [0.5, 0.6) is 0 Å². The first kappa shape index (κ1) is 14.4. The SMILES string of the molecule is CN(C)CC(C(=O)O)N(C)C1CCS(=O)(=O)C1. The van der Waals surface area contributed by atoms with Crippen LogP contribution in [0.3, 0.4) is 0 Å². The molecule has 6 nitrogen and oxygen atoms in total. The van der Waals surface area contributed by atoms with Crippen molar-refractivity contribution in [2.75, 3.05) is 39.2 Å². The quantitative estimate of drug-likeness (QED) is 0.695. The normalized spacial score (nSPS) is 25.4. The highest BCUT2D eigenvalue weighted by Crippen LogP contribution is 2.18. The Morgan fingerprint density at radius 3 is 2.35 bits per heavy atom. The minimum Gasteiger partial charge on any atom is -0.480 e. The van der Waals surface area contributed by atoms with Crippen LogP contribution in [0.1, 0.15) is 6.42 Å². The van der Waals surface area contributed by atoms with Gasteiger partial charge >= 0.3 is 5.97 Å². The second-order valence-electron chi connectivity index (χ2n) is 4.84. The van der Waals surface area contributed by atoms with E-state index in [-0.39, 0.29) is 17.5 Å². The van der Waals surface area contributed by atoms with Gasteiger partial charge in [-0.3, -0.25) is 9.69 Å². The van der Waals surface area contributed by atoms with Gasteiger partial charge in [0.15, 0.2) is 9.84 Å². The molecule has 0 aromatic carbocycles. The molecule has 1 aliphatic rings. The number of rotatable bonds is 5. The highest BCUT2D eigenvalue weighted by Gasteiger charge is 2.36. The fourth-order valence-electron chi connectivity index (χ4n) is 2.08. The van der Waals surface area contributed by atoms with E-state index in [4.69, 9.17) is 5.11 Å². The Kier molecular flexibility index (Phi) is 4.51. The molecule has 1 fully saturated rings. The lowest BCUT2D eigenvalue weighted by molar-refractivity contribution is -0.144. The Morgan fingerprint density at radius 2 is 2.00 bits per heavy atom. The number of hydrogen-bond acceptors (Lipinski definition) is 5. The third-order valence-corrected chi connectivity index (χ3v) is 4.85. The maximum atomic E-state index is 11.4. The minimum absolute atomic E-state index is 0.0701. The van der Waals surface area contributed by atoms with E-state index in [0.29, 0.717) is 13.0 Å². The number of carboxylic acids is 1. The highest BCUT2D eigenvalue weighted by atomic mass is 32.2. The maximum Gasteiger partial charge on any atom is 0.322 e. The molecule has 0 spiro atoms. The van der Waals surface area contributed by atoms with Crippen LogP contribution in [0, 0.1) is 0 Å². The summed E-state index contributed by atoms with van der Waals surface area (Å²) in [4.78, 5) is 14.6. The van der Waals surface area contributed by atoms with Gasteiger partial charge in [-0.1, -0.05) is 0 Å². The first-order valence-corrected chi connectivity index (χ1v) is 7.35. The van der Waals surface area contributed by atoms with Gasteiger partial charge in [-0.15, -0.1) is 0 Å². The van der Waals surface area contributed by atoms with E-state index >= 15 is 0 Å². The molecular weight excluding hydrogens is 244 g/mol. The summed E-state index contributed by atoms with van der Waals surface area (Å²) in [7, 11) is 2.31. The van der Waals surface area contributed by atoms with E-state index in [1.54, 1.807) is 30.9 Å². The molecule has 1 heterocycles. The third kappa shape index (κ3) is 3.93. The van der Waals surface area contributed by atoms with Crippen molar-refractivity contribution in [2.45, 2.75) is 18.5 Å². The van der Waals surface area contributed by atoms with E-state index in [9.17, 15) is 13.2 Å². The van der Waals surface area contributed by atoms with Gasteiger partial charge in [0.05, 0.1) is 11.5 Å². The standard InChI is InChI=1S/C10H20N2O4S/c1-11(2)6-9(10(13)14)12(3)8-4-5-17(15,16)7-8/h8-9H,4-7H2,1-3H3,(H,13,14). The molecule has 0 bridgehead atoms. The molecule has 0 amide bonds. The topological polar surface area (TPSA) is 77.9 Å². The van der Waals surface area contributed by atoms with E-state index in [0.717, 1.165) is 0 Å². The monoisotopic (exact) mass is 264 g/mol. The first-order chi connectivity index (χ1) is 7.73. The molecule has 1 N–H and O–H groups in total. The first-order valence-electron chi connectivity index (χ1n) is 5.53. The van der Waals surface area contributed by atoms with E-state index < -0.39 is 21.8 Å². The molecule has 7 heteroatoms. The van der Waals surface area contributed by atoms with Crippen LogP contribution in [0.4, 0.5) is 0 Å². The third-order valence-electron chi connectivity index (χ3n) is 3.10. The van der Waals surface area contributed by atoms with Gasteiger partial charge in [0.25, 0.3) is 0 Å². The summed E-state index contributed by atoms with van der Waals surface area (Å²) in [5.41, 5.74) is 0. The molecule has 0 radical (unpaired) electrons. The summed E-state index contributed by atoms with van der Waals surface area (Å²) in [6, 6.07) is -0.843. The van der Waals surface area contributed by atoms with Crippen molar-refractivity contribution in [3.05, 3.63) is 0 Å². The smallest absolute Gasteiger partial charge is 0.322 e. The van der Waals surface area contributed by atoms with Crippen molar-refractivity contribution in [3.63, 3.8) is 0 Å². The number of hydrogen-bond donors (Lipinski definition) is 1. The van der Waals surface area contributed by atoms with Crippen LogP contribution in [-0.4, -0.2) is 80.6 Å². The zero-order chi connectivity index (χ0) is 13.2. The average Bonchev–Trinajstić information content (AvgIpc) is 2.53. The van der Waals surface area contributed by atoms with E-state index in [1.165, 1.54) is 0 Å². The van der Waals surface area contributed by atoms with Crippen molar-refractivity contribution in [1.29, 1.82) is 0 Å². The van der Waals surface area contributed by atoms with E-state index in [1.807, 2.05) is 0 Å². The number of likely N-dealkylation sites (N-methyl/N-ethyl adjacent to an activating group) is 2. The van der Waals surface area contributed by atoms with Gasteiger partial charge < -0.3 is 10.0 Å². The molecule has 0 saturated carbocycles. The zero-order valence-electron chi connectivity index (χ0n) is 10.5. The molecule has 1 rings (SSSR count). The summed E-state index contributed by atoms with van der Waals surface area (Å²) < 4.78 is 22.8. The van der Waals surface area contributed by atoms with Gasteiger partial charge in [-0.2, -0.15) is 0 Å². The molecule has 100 valence electrons. The maximum absolute atomic E-state index is 11.4. The van der Waals surface area contributed by atoms with Crippen molar-refractivity contribution < 1.29 is 18.3 Å². The Morgan fingerprint density at radius 1 is 1.41 bits per heavy atom. The Bertz CT molecular complexity index is 380. The van der Waals surface area contributed by atoms with E-state index in [2.05, 4.69) is 0 Å². The molecule has 2 unspecified atom stereocenters. The van der Waals surface area contributed by atoms with Crippen LogP contribution in [0.2, 0.25) is 0 Å².